The summed E-state index contributed by atoms with van der Waals surface area (Å²) < 4.78 is 1.83. The molecule has 0 saturated carbocycles. The third kappa shape index (κ3) is 3.23. The topological polar surface area (TPSA) is 34.4 Å². The highest BCUT2D eigenvalue weighted by Crippen LogP contribution is 2.38. The van der Waals surface area contributed by atoms with Gasteiger partial charge in [0.15, 0.2) is 0 Å². The molecule has 39 heavy (non-hydrogen) atoms. The molecule has 0 aliphatic rings. The van der Waals surface area contributed by atoms with Gasteiger partial charge in [0.05, 0.1) is 11.0 Å². The average Bonchev–Trinajstić information content (AvgIpc) is 3.40. The molecule has 3 nitrogen and oxygen atoms in total. The Morgan fingerprint density at radius 2 is 1.10 bits per heavy atom. The van der Waals surface area contributed by atoms with Gasteiger partial charge >= 0.3 is 0 Å². The minimum Gasteiger partial charge on any atom is -0.268 e. The van der Waals surface area contributed by atoms with E-state index in [9.17, 15) is 4.79 Å². The van der Waals surface area contributed by atoms with Crippen molar-refractivity contribution >= 4 is 38.2 Å². The Balaban J connectivity index is 1.54. The molecule has 0 saturated heterocycles. The number of aromatic nitrogens is 2. The van der Waals surface area contributed by atoms with Crippen LogP contribution in [0.5, 0.6) is 0 Å². The summed E-state index contributed by atoms with van der Waals surface area (Å²) in [6, 6.07) is 45.6. The van der Waals surface area contributed by atoms with Gasteiger partial charge in [0.2, 0.25) is 0 Å². The van der Waals surface area contributed by atoms with Gasteiger partial charge in [0, 0.05) is 21.7 Å². The molecule has 0 N–H and O–H groups in total. The van der Waals surface area contributed by atoms with Crippen molar-refractivity contribution in [1.29, 1.82) is 0 Å². The van der Waals surface area contributed by atoms with Crippen molar-refractivity contribution in [2.45, 2.75) is 0 Å². The number of pyridine rings is 1. The number of hydrogen-bond acceptors (Lipinski definition) is 2. The molecule has 8 aromatic rings. The predicted molar refractivity (Wildman–Crippen MR) is 161 cm³/mol. The van der Waals surface area contributed by atoms with E-state index in [2.05, 4.69) is 72.8 Å². The molecule has 0 bridgehead atoms. The van der Waals surface area contributed by atoms with Gasteiger partial charge in [0.25, 0.3) is 5.56 Å². The quantitative estimate of drug-likeness (QED) is 0.244. The lowest BCUT2D eigenvalue weighted by atomic mass is 9.94. The number of imidazole rings is 1. The zero-order valence-electron chi connectivity index (χ0n) is 21.0. The summed E-state index contributed by atoms with van der Waals surface area (Å²) >= 11 is 0. The molecule has 6 aromatic carbocycles. The summed E-state index contributed by atoms with van der Waals surface area (Å²) in [6.45, 7) is 0. The summed E-state index contributed by atoms with van der Waals surface area (Å²) in [7, 11) is 0. The van der Waals surface area contributed by atoms with E-state index >= 15 is 0 Å². The minimum atomic E-state index is -0.0412. The summed E-state index contributed by atoms with van der Waals surface area (Å²) in [6.07, 6.45) is 0. The normalized spacial score (nSPS) is 11.7. The molecule has 0 fully saturated rings. The minimum absolute atomic E-state index is 0.0412. The highest BCUT2D eigenvalue weighted by molar-refractivity contribution is 6.19. The molecule has 0 radical (unpaired) electrons. The zero-order chi connectivity index (χ0) is 25.9. The van der Waals surface area contributed by atoms with E-state index in [4.69, 9.17) is 4.98 Å². The lowest BCUT2D eigenvalue weighted by molar-refractivity contribution is 1.19. The monoisotopic (exact) mass is 498 g/mol. The van der Waals surface area contributed by atoms with E-state index in [1.807, 2.05) is 65.1 Å². The Labute approximate surface area is 224 Å². The molecular formula is C36H22N2O. The van der Waals surface area contributed by atoms with Crippen LogP contribution in [0.15, 0.2) is 138 Å². The molecular weight excluding hydrogens is 476 g/mol. The van der Waals surface area contributed by atoms with Gasteiger partial charge in [-0.05, 0) is 51.4 Å². The first kappa shape index (κ1) is 21.8. The van der Waals surface area contributed by atoms with Crippen LogP contribution in [0.25, 0.3) is 71.6 Å². The standard InChI is InChI=1S/C36H22N2O/c39-36-30-20-19-27(24-13-6-2-7-14-24)28-17-10-18-29(33(28)30)35-37-32-22-26(23-11-4-1-5-12-23)21-31(34(32)38(35)36)25-15-8-3-9-16-25/h1-22H. The number of nitrogens with zero attached hydrogens (tertiary/aromatic N) is 2. The molecule has 8 rings (SSSR count). The zero-order valence-corrected chi connectivity index (χ0v) is 21.0. The largest absolute Gasteiger partial charge is 0.268 e. The van der Waals surface area contributed by atoms with Crippen molar-refractivity contribution in [3.63, 3.8) is 0 Å². The fraction of sp³-hybridized carbons (Fsp3) is 0. The third-order valence-electron chi connectivity index (χ3n) is 7.74. The van der Waals surface area contributed by atoms with Crippen LogP contribution in [-0.2, 0) is 0 Å². The summed E-state index contributed by atoms with van der Waals surface area (Å²) in [5.41, 5.74) is 8.80. The second-order valence-electron chi connectivity index (χ2n) is 9.95. The Morgan fingerprint density at radius 3 is 1.79 bits per heavy atom. The Kier molecular flexibility index (Phi) is 4.67. The van der Waals surface area contributed by atoms with Crippen LogP contribution in [0.3, 0.4) is 0 Å². The SMILES string of the molecule is O=c1c2ccc(-c3ccccc3)c3cccc(c32)c2nc3cc(-c4ccccc4)cc(-c4ccccc4)c3n12. The van der Waals surface area contributed by atoms with Crippen molar-refractivity contribution in [2.75, 3.05) is 0 Å². The first-order valence-electron chi connectivity index (χ1n) is 13.1. The second kappa shape index (κ2) is 8.37. The maximum atomic E-state index is 14.3. The Bertz CT molecular complexity index is 2220. The van der Waals surface area contributed by atoms with Crippen LogP contribution in [0.1, 0.15) is 0 Å². The lowest BCUT2D eigenvalue weighted by Gasteiger charge is -2.12. The highest BCUT2D eigenvalue weighted by atomic mass is 16.1. The Morgan fingerprint density at radius 1 is 0.487 bits per heavy atom. The number of benzene rings is 6. The van der Waals surface area contributed by atoms with Crippen LogP contribution >= 0.6 is 0 Å². The van der Waals surface area contributed by atoms with Crippen molar-refractivity contribution in [3.8, 4) is 33.4 Å². The van der Waals surface area contributed by atoms with Crippen LogP contribution in [-0.4, -0.2) is 9.38 Å². The molecule has 0 unspecified atom stereocenters. The van der Waals surface area contributed by atoms with E-state index in [0.29, 0.717) is 11.0 Å². The third-order valence-corrected chi connectivity index (χ3v) is 7.74. The van der Waals surface area contributed by atoms with Crippen molar-refractivity contribution in [2.24, 2.45) is 0 Å². The van der Waals surface area contributed by atoms with Crippen LogP contribution in [0.2, 0.25) is 0 Å². The van der Waals surface area contributed by atoms with Crippen molar-refractivity contribution in [1.82, 2.24) is 9.38 Å². The van der Waals surface area contributed by atoms with Crippen molar-refractivity contribution in [3.05, 3.63) is 144 Å². The smallest absolute Gasteiger partial charge is 0.264 e. The highest BCUT2D eigenvalue weighted by Gasteiger charge is 2.21. The molecule has 182 valence electrons. The van der Waals surface area contributed by atoms with Crippen LogP contribution in [0, 0.1) is 0 Å². The molecule has 2 aromatic heterocycles. The maximum absolute atomic E-state index is 14.3. The second-order valence-corrected chi connectivity index (χ2v) is 9.95. The van der Waals surface area contributed by atoms with E-state index in [-0.39, 0.29) is 5.56 Å². The van der Waals surface area contributed by atoms with Gasteiger partial charge in [-0.1, -0.05) is 115 Å². The molecule has 3 heteroatoms. The van der Waals surface area contributed by atoms with Gasteiger partial charge in [0.1, 0.15) is 5.65 Å². The molecule has 0 aliphatic heterocycles. The molecule has 2 heterocycles. The summed E-state index contributed by atoms with van der Waals surface area (Å²) in [5.74, 6) is 0. The van der Waals surface area contributed by atoms with E-state index in [0.717, 1.165) is 60.6 Å². The molecule has 0 aliphatic carbocycles. The summed E-state index contributed by atoms with van der Waals surface area (Å²) in [5, 5.41) is 3.72. The average molecular weight is 499 g/mol. The lowest BCUT2D eigenvalue weighted by Crippen LogP contribution is -2.13. The predicted octanol–water partition coefficient (Wildman–Crippen LogP) is 8.59. The van der Waals surface area contributed by atoms with Gasteiger partial charge in [-0.2, -0.15) is 0 Å². The molecule has 0 amide bonds. The van der Waals surface area contributed by atoms with E-state index in [1.165, 1.54) is 0 Å². The van der Waals surface area contributed by atoms with Gasteiger partial charge in [-0.25, -0.2) is 4.98 Å². The fourth-order valence-electron chi connectivity index (χ4n) is 5.98. The van der Waals surface area contributed by atoms with Crippen molar-refractivity contribution < 1.29 is 0 Å². The van der Waals surface area contributed by atoms with E-state index in [1.54, 1.807) is 0 Å². The van der Waals surface area contributed by atoms with Crippen LogP contribution < -0.4 is 5.56 Å². The number of hydrogen-bond donors (Lipinski definition) is 0. The number of rotatable bonds is 3. The summed E-state index contributed by atoms with van der Waals surface area (Å²) in [4.78, 5) is 19.4. The maximum Gasteiger partial charge on any atom is 0.264 e. The molecule has 0 atom stereocenters. The Hall–Kier alpha value is -5.28. The van der Waals surface area contributed by atoms with Gasteiger partial charge in [-0.3, -0.25) is 9.20 Å². The van der Waals surface area contributed by atoms with Gasteiger partial charge in [-0.15, -0.1) is 0 Å². The number of fused-ring (bicyclic) bond motifs is 4. The first-order chi connectivity index (χ1) is 19.3. The first-order valence-corrected chi connectivity index (χ1v) is 13.1. The van der Waals surface area contributed by atoms with Gasteiger partial charge < -0.3 is 0 Å². The molecule has 0 spiro atoms. The van der Waals surface area contributed by atoms with Crippen LogP contribution in [0.4, 0.5) is 0 Å². The van der Waals surface area contributed by atoms with E-state index < -0.39 is 0 Å². The fourth-order valence-corrected chi connectivity index (χ4v) is 5.98.